The highest BCUT2D eigenvalue weighted by Gasteiger charge is 2.61. The molecule has 2 fully saturated rings. The van der Waals surface area contributed by atoms with E-state index in [9.17, 15) is 8.78 Å². The molecule has 18 heavy (non-hydrogen) atoms. The van der Waals surface area contributed by atoms with Gasteiger partial charge >= 0.3 is 0 Å². The van der Waals surface area contributed by atoms with Crippen LogP contribution in [0.15, 0.2) is 16.6 Å². The maximum absolute atomic E-state index is 12.9. The molecule has 0 nitrogen and oxygen atoms in total. The molecule has 1 aromatic carbocycles. The number of benzene rings is 1. The molecule has 0 N–H and O–H groups in total. The lowest BCUT2D eigenvalue weighted by Gasteiger charge is -2.57. The van der Waals surface area contributed by atoms with Gasteiger partial charge in [-0.05, 0) is 48.3 Å². The van der Waals surface area contributed by atoms with Crippen molar-refractivity contribution in [1.29, 1.82) is 0 Å². The molecule has 3 rings (SSSR count). The highest BCUT2D eigenvalue weighted by molar-refractivity contribution is 9.10. The summed E-state index contributed by atoms with van der Waals surface area (Å²) in [6.07, 6.45) is 1.88. The molecule has 0 unspecified atom stereocenters. The predicted octanol–water partition coefficient (Wildman–Crippen LogP) is 5.70. The largest absolute Gasteiger partial charge is 0.249 e. The Balaban J connectivity index is 1.74. The van der Waals surface area contributed by atoms with E-state index in [1.807, 2.05) is 13.0 Å². The van der Waals surface area contributed by atoms with Gasteiger partial charge in [0.25, 0.3) is 0 Å². The molecule has 0 bridgehead atoms. The maximum Gasteiger partial charge on any atom is 0.249 e. The summed E-state index contributed by atoms with van der Waals surface area (Å²) in [7, 11) is 0. The van der Waals surface area contributed by atoms with Crippen molar-refractivity contribution in [2.24, 2.45) is 5.41 Å². The third-order valence-corrected chi connectivity index (χ3v) is 5.53. The van der Waals surface area contributed by atoms with Gasteiger partial charge in [-0.3, -0.25) is 0 Å². The van der Waals surface area contributed by atoms with Gasteiger partial charge in [-0.2, -0.15) is 0 Å². The van der Waals surface area contributed by atoms with E-state index in [1.54, 1.807) is 0 Å². The first kappa shape index (κ1) is 12.9. The van der Waals surface area contributed by atoms with E-state index in [1.165, 1.54) is 0 Å². The fourth-order valence-corrected chi connectivity index (χ4v) is 4.33. The van der Waals surface area contributed by atoms with Crippen LogP contribution in [0, 0.1) is 12.3 Å². The lowest BCUT2D eigenvalue weighted by molar-refractivity contribution is -0.196. The van der Waals surface area contributed by atoms with Gasteiger partial charge in [0.15, 0.2) is 0 Å². The molecule has 98 valence electrons. The fourth-order valence-electron chi connectivity index (χ4n) is 3.53. The zero-order valence-corrected chi connectivity index (χ0v) is 12.4. The number of hydrogen-bond donors (Lipinski definition) is 0. The smallest absolute Gasteiger partial charge is 0.207 e. The summed E-state index contributed by atoms with van der Waals surface area (Å²) in [5.41, 5.74) is 2.19. The minimum Gasteiger partial charge on any atom is -0.207 e. The predicted molar refractivity (Wildman–Crippen MR) is 72.5 cm³/mol. The summed E-state index contributed by atoms with van der Waals surface area (Å²) in [5, 5.41) is 0.749. The average molecular weight is 336 g/mol. The second-order valence-corrected chi connectivity index (χ2v) is 7.20. The number of rotatable bonds is 1. The normalized spacial score (nSPS) is 24.7. The lowest BCUT2D eigenvalue weighted by Crippen LogP contribution is -2.52. The average Bonchev–Trinajstić information content (AvgIpc) is 2.16. The Morgan fingerprint density at radius 3 is 2.44 bits per heavy atom. The summed E-state index contributed by atoms with van der Waals surface area (Å²) < 4.78 is 26.9. The van der Waals surface area contributed by atoms with Crippen LogP contribution in [0.2, 0.25) is 5.02 Å². The van der Waals surface area contributed by atoms with E-state index in [4.69, 9.17) is 11.6 Å². The van der Waals surface area contributed by atoms with E-state index >= 15 is 0 Å². The molecule has 0 aliphatic heterocycles. The van der Waals surface area contributed by atoms with Crippen LogP contribution in [0.4, 0.5) is 8.78 Å². The molecule has 0 radical (unpaired) electrons. The minimum atomic E-state index is -2.41. The van der Waals surface area contributed by atoms with Crippen LogP contribution in [0.3, 0.4) is 0 Å². The number of halogens is 4. The van der Waals surface area contributed by atoms with Gasteiger partial charge < -0.3 is 0 Å². The topological polar surface area (TPSA) is 0 Å². The summed E-state index contributed by atoms with van der Waals surface area (Å²) in [4.78, 5) is 0. The molecule has 0 saturated heterocycles. The Kier molecular flexibility index (Phi) is 2.80. The van der Waals surface area contributed by atoms with Crippen LogP contribution in [0.25, 0.3) is 0 Å². The monoisotopic (exact) mass is 334 g/mol. The molecule has 2 aliphatic rings. The Bertz CT molecular complexity index is 497. The molecule has 2 saturated carbocycles. The Hall–Kier alpha value is -0.150. The second-order valence-electron chi connectivity index (χ2n) is 5.94. The van der Waals surface area contributed by atoms with Crippen LogP contribution in [-0.4, -0.2) is 5.92 Å². The standard InChI is InChI=1S/C14H14BrClF2/c1-8-2-10(12(16)3-11(8)15)9-4-13(5-9)6-14(17,18)7-13/h2-3,9H,4-7H2,1H3. The van der Waals surface area contributed by atoms with E-state index in [0.29, 0.717) is 5.92 Å². The summed E-state index contributed by atoms with van der Waals surface area (Å²) >= 11 is 9.69. The first-order valence-electron chi connectivity index (χ1n) is 6.14. The molecule has 1 aromatic rings. The zero-order chi connectivity index (χ0) is 13.1. The third kappa shape index (κ3) is 2.00. The first-order valence-corrected chi connectivity index (χ1v) is 7.31. The van der Waals surface area contributed by atoms with Crippen molar-refractivity contribution in [2.45, 2.75) is 44.4 Å². The highest BCUT2D eigenvalue weighted by Crippen LogP contribution is 2.67. The molecule has 4 heteroatoms. The molecule has 0 atom stereocenters. The first-order chi connectivity index (χ1) is 8.30. The minimum absolute atomic E-state index is 0.0730. The van der Waals surface area contributed by atoms with Gasteiger partial charge in [-0.15, -0.1) is 0 Å². The van der Waals surface area contributed by atoms with E-state index < -0.39 is 5.92 Å². The van der Waals surface area contributed by atoms with Crippen LogP contribution < -0.4 is 0 Å². The Labute approximate surface area is 119 Å². The van der Waals surface area contributed by atoms with E-state index in [0.717, 1.165) is 33.5 Å². The van der Waals surface area contributed by atoms with Crippen LogP contribution in [0.5, 0.6) is 0 Å². The van der Waals surface area contributed by atoms with Gasteiger partial charge in [-0.25, -0.2) is 8.78 Å². The van der Waals surface area contributed by atoms with Crippen LogP contribution >= 0.6 is 27.5 Å². The summed E-state index contributed by atoms with van der Waals surface area (Å²) in [6.45, 7) is 2.02. The van der Waals surface area contributed by atoms with Crippen molar-refractivity contribution >= 4 is 27.5 Å². The zero-order valence-electron chi connectivity index (χ0n) is 10.1. The van der Waals surface area contributed by atoms with Gasteiger partial charge in [0, 0.05) is 22.3 Å². The molecular weight excluding hydrogens is 322 g/mol. The molecular formula is C14H14BrClF2. The van der Waals surface area contributed by atoms with Crippen molar-refractivity contribution in [3.05, 3.63) is 32.8 Å². The van der Waals surface area contributed by atoms with Crippen LogP contribution in [-0.2, 0) is 0 Å². The van der Waals surface area contributed by atoms with Gasteiger partial charge in [0.1, 0.15) is 0 Å². The Morgan fingerprint density at radius 2 is 1.89 bits per heavy atom. The van der Waals surface area contributed by atoms with Gasteiger partial charge in [-0.1, -0.05) is 33.6 Å². The molecule has 0 amide bonds. The van der Waals surface area contributed by atoms with Crippen molar-refractivity contribution in [3.8, 4) is 0 Å². The fraction of sp³-hybridized carbons (Fsp3) is 0.571. The quantitative estimate of drug-likeness (QED) is 0.617. The second kappa shape index (κ2) is 3.92. The van der Waals surface area contributed by atoms with Gasteiger partial charge in [0.05, 0.1) is 0 Å². The van der Waals surface area contributed by atoms with Crippen molar-refractivity contribution in [2.75, 3.05) is 0 Å². The Morgan fingerprint density at radius 1 is 1.28 bits per heavy atom. The number of alkyl halides is 2. The third-order valence-electron chi connectivity index (χ3n) is 4.34. The van der Waals surface area contributed by atoms with E-state index in [-0.39, 0.29) is 18.3 Å². The lowest BCUT2D eigenvalue weighted by atomic mass is 9.49. The number of hydrogen-bond acceptors (Lipinski definition) is 0. The van der Waals surface area contributed by atoms with Crippen molar-refractivity contribution in [1.82, 2.24) is 0 Å². The number of aryl methyl sites for hydroxylation is 1. The molecule has 0 aromatic heterocycles. The SMILES string of the molecule is Cc1cc(C2CC3(C2)CC(F)(F)C3)c(Cl)cc1Br. The van der Waals surface area contributed by atoms with Crippen molar-refractivity contribution in [3.63, 3.8) is 0 Å². The summed E-state index contributed by atoms with van der Waals surface area (Å²) in [6, 6.07) is 3.99. The molecule has 1 spiro atoms. The summed E-state index contributed by atoms with van der Waals surface area (Å²) in [5.74, 6) is -2.05. The maximum atomic E-state index is 12.9. The van der Waals surface area contributed by atoms with E-state index in [2.05, 4.69) is 22.0 Å². The van der Waals surface area contributed by atoms with Crippen LogP contribution in [0.1, 0.15) is 42.7 Å². The molecule has 0 heterocycles. The highest BCUT2D eigenvalue weighted by atomic mass is 79.9. The van der Waals surface area contributed by atoms with Gasteiger partial charge in [0.2, 0.25) is 5.92 Å². The molecule has 2 aliphatic carbocycles. The van der Waals surface area contributed by atoms with Crippen molar-refractivity contribution < 1.29 is 8.78 Å².